The van der Waals surface area contributed by atoms with E-state index in [9.17, 15) is 0 Å². The number of morpholine rings is 1. The molecule has 2 aliphatic rings. The molecule has 0 bridgehead atoms. The van der Waals surface area contributed by atoms with Crippen molar-refractivity contribution in [3.8, 4) is 0 Å². The number of nitrogens with zero attached hydrogens (tertiary/aromatic N) is 1. The zero-order valence-electron chi connectivity index (χ0n) is 14.1. The molecule has 2 aliphatic heterocycles. The van der Waals surface area contributed by atoms with Gasteiger partial charge in [0.15, 0.2) is 0 Å². The molecular weight excluding hydrogens is 268 g/mol. The summed E-state index contributed by atoms with van der Waals surface area (Å²) in [6.07, 6.45) is 1.24. The number of ether oxygens (including phenoxy) is 1. The highest BCUT2D eigenvalue weighted by Crippen LogP contribution is 2.47. The molecule has 0 saturated carbocycles. The van der Waals surface area contributed by atoms with Crippen LogP contribution in [0.5, 0.6) is 0 Å². The molecule has 0 aromatic carbocycles. The van der Waals surface area contributed by atoms with Crippen LogP contribution in [0.25, 0.3) is 0 Å². The lowest BCUT2D eigenvalue weighted by molar-refractivity contribution is -0.208. The van der Waals surface area contributed by atoms with Crippen LogP contribution in [0.1, 0.15) is 48.0 Å². The van der Waals surface area contributed by atoms with Crippen LogP contribution in [-0.2, 0) is 4.74 Å². The Morgan fingerprint density at radius 1 is 1.05 bits per heavy atom. The maximum Gasteiger partial charge on any atom is 0.0761 e. The number of thioether (sulfide) groups is 1. The lowest BCUT2D eigenvalue weighted by atomic mass is 9.68. The molecule has 0 aliphatic carbocycles. The molecule has 2 saturated heterocycles. The van der Waals surface area contributed by atoms with E-state index in [0.29, 0.717) is 0 Å². The largest absolute Gasteiger partial charge is 0.367 e. The summed E-state index contributed by atoms with van der Waals surface area (Å²) in [5.74, 6) is 2.40. The zero-order chi connectivity index (χ0) is 15.2. The fourth-order valence-electron chi connectivity index (χ4n) is 4.07. The molecule has 4 heteroatoms. The number of hydrogen-bond donors (Lipinski definition) is 1. The van der Waals surface area contributed by atoms with E-state index in [0.717, 1.165) is 25.4 Å². The monoisotopic (exact) mass is 300 g/mol. The topological polar surface area (TPSA) is 38.5 Å². The predicted octanol–water partition coefficient (Wildman–Crippen LogP) is 2.74. The first-order valence-corrected chi connectivity index (χ1v) is 8.92. The quantitative estimate of drug-likeness (QED) is 0.851. The second-order valence-corrected chi connectivity index (χ2v) is 9.50. The fourth-order valence-corrected chi connectivity index (χ4v) is 5.90. The summed E-state index contributed by atoms with van der Waals surface area (Å²) in [6, 6.07) is 0. The maximum atomic E-state index is 6.33. The van der Waals surface area contributed by atoms with Crippen LogP contribution in [0.2, 0.25) is 0 Å². The second-order valence-electron chi connectivity index (χ2n) is 8.40. The van der Waals surface area contributed by atoms with Crippen molar-refractivity contribution in [2.45, 2.75) is 64.7 Å². The molecule has 0 aromatic heterocycles. The van der Waals surface area contributed by atoms with E-state index in [4.69, 9.17) is 10.5 Å². The molecular formula is C16H32N2OS. The van der Waals surface area contributed by atoms with Gasteiger partial charge in [0, 0.05) is 30.9 Å². The SMILES string of the molecule is CC1(C)CN(C2(CN)CSCCC2(C)C)CC(C)(C)O1. The highest BCUT2D eigenvalue weighted by Gasteiger charge is 2.54. The van der Waals surface area contributed by atoms with E-state index in [2.05, 4.69) is 58.2 Å². The Bertz CT molecular complexity index is 351. The van der Waals surface area contributed by atoms with Gasteiger partial charge in [-0.2, -0.15) is 11.8 Å². The predicted molar refractivity (Wildman–Crippen MR) is 88.3 cm³/mol. The third-order valence-corrected chi connectivity index (χ3v) is 6.29. The van der Waals surface area contributed by atoms with Gasteiger partial charge >= 0.3 is 0 Å². The van der Waals surface area contributed by atoms with E-state index < -0.39 is 0 Å². The van der Waals surface area contributed by atoms with Gasteiger partial charge in [0.2, 0.25) is 0 Å². The number of hydrogen-bond acceptors (Lipinski definition) is 4. The lowest BCUT2D eigenvalue weighted by Gasteiger charge is -2.60. The molecule has 3 nitrogen and oxygen atoms in total. The summed E-state index contributed by atoms with van der Waals surface area (Å²) in [7, 11) is 0. The van der Waals surface area contributed by atoms with Crippen LogP contribution in [0.4, 0.5) is 0 Å². The normalized spacial score (nSPS) is 36.8. The molecule has 0 spiro atoms. The van der Waals surface area contributed by atoms with Crippen LogP contribution in [0.15, 0.2) is 0 Å². The van der Waals surface area contributed by atoms with Crippen molar-refractivity contribution in [2.24, 2.45) is 11.1 Å². The first-order valence-electron chi connectivity index (χ1n) is 7.77. The van der Waals surface area contributed by atoms with Gasteiger partial charge in [0.05, 0.1) is 11.2 Å². The number of rotatable bonds is 2. The minimum atomic E-state index is -0.109. The summed E-state index contributed by atoms with van der Waals surface area (Å²) in [4.78, 5) is 2.64. The van der Waals surface area contributed by atoms with Crippen molar-refractivity contribution in [3.63, 3.8) is 0 Å². The van der Waals surface area contributed by atoms with E-state index in [-0.39, 0.29) is 22.2 Å². The maximum absolute atomic E-state index is 6.33. The van der Waals surface area contributed by atoms with Crippen LogP contribution in [-0.4, -0.2) is 52.8 Å². The summed E-state index contributed by atoms with van der Waals surface area (Å²) in [5, 5.41) is 0. The zero-order valence-corrected chi connectivity index (χ0v) is 14.9. The lowest BCUT2D eigenvalue weighted by Crippen LogP contribution is -2.72. The minimum absolute atomic E-state index is 0.0915. The van der Waals surface area contributed by atoms with E-state index >= 15 is 0 Å². The number of nitrogens with two attached hydrogens (primary N) is 1. The van der Waals surface area contributed by atoms with Crippen molar-refractivity contribution in [3.05, 3.63) is 0 Å². The van der Waals surface area contributed by atoms with Crippen LogP contribution in [0, 0.1) is 5.41 Å². The molecule has 2 heterocycles. The molecule has 2 fully saturated rings. The Hall–Kier alpha value is 0.230. The van der Waals surface area contributed by atoms with E-state index in [1.807, 2.05) is 0 Å². The van der Waals surface area contributed by atoms with Crippen molar-refractivity contribution in [1.82, 2.24) is 4.90 Å². The molecule has 20 heavy (non-hydrogen) atoms. The van der Waals surface area contributed by atoms with Crippen LogP contribution in [0.3, 0.4) is 0 Å². The van der Waals surface area contributed by atoms with E-state index in [1.165, 1.54) is 12.2 Å². The average molecular weight is 301 g/mol. The third kappa shape index (κ3) is 2.90. The Kier molecular flexibility index (Phi) is 4.27. The van der Waals surface area contributed by atoms with Crippen molar-refractivity contribution < 1.29 is 4.74 Å². The molecule has 118 valence electrons. The summed E-state index contributed by atoms with van der Waals surface area (Å²) in [6.45, 7) is 16.3. The molecule has 0 amide bonds. The highest BCUT2D eigenvalue weighted by atomic mass is 32.2. The van der Waals surface area contributed by atoms with Gasteiger partial charge in [-0.15, -0.1) is 0 Å². The van der Waals surface area contributed by atoms with Gasteiger partial charge in [-0.05, 0) is 45.3 Å². The Morgan fingerprint density at radius 2 is 1.60 bits per heavy atom. The fraction of sp³-hybridized carbons (Fsp3) is 1.00. The van der Waals surface area contributed by atoms with Gasteiger partial charge in [-0.1, -0.05) is 13.8 Å². The summed E-state index contributed by atoms with van der Waals surface area (Å²) < 4.78 is 6.25. The van der Waals surface area contributed by atoms with Gasteiger partial charge in [0.25, 0.3) is 0 Å². The highest BCUT2D eigenvalue weighted by molar-refractivity contribution is 7.99. The van der Waals surface area contributed by atoms with Crippen LogP contribution < -0.4 is 5.73 Å². The summed E-state index contributed by atoms with van der Waals surface area (Å²) >= 11 is 2.06. The Balaban J connectivity index is 2.35. The van der Waals surface area contributed by atoms with Gasteiger partial charge in [-0.3, -0.25) is 4.90 Å². The molecule has 0 aromatic rings. The molecule has 0 radical (unpaired) electrons. The Morgan fingerprint density at radius 3 is 2.05 bits per heavy atom. The first-order chi connectivity index (χ1) is 9.04. The van der Waals surface area contributed by atoms with Crippen molar-refractivity contribution in [1.29, 1.82) is 0 Å². The minimum Gasteiger partial charge on any atom is -0.367 e. The van der Waals surface area contributed by atoms with Crippen molar-refractivity contribution in [2.75, 3.05) is 31.1 Å². The molecule has 2 N–H and O–H groups in total. The third-order valence-electron chi connectivity index (χ3n) is 5.11. The second kappa shape index (κ2) is 5.15. The summed E-state index contributed by atoms with van der Waals surface area (Å²) in [5.41, 5.74) is 6.46. The molecule has 1 atom stereocenters. The average Bonchev–Trinajstić information content (AvgIpc) is 2.24. The standard InChI is InChI=1S/C16H32N2OS/c1-13(2)7-8-20-12-16(13,9-17)18-10-14(3,4)19-15(5,6)11-18/h7-12,17H2,1-6H3. The van der Waals surface area contributed by atoms with Gasteiger partial charge in [0.1, 0.15) is 0 Å². The van der Waals surface area contributed by atoms with Crippen molar-refractivity contribution >= 4 is 11.8 Å². The Labute approximate surface area is 129 Å². The van der Waals surface area contributed by atoms with Crippen LogP contribution >= 0.6 is 11.8 Å². The van der Waals surface area contributed by atoms with Gasteiger partial charge in [-0.25, -0.2) is 0 Å². The smallest absolute Gasteiger partial charge is 0.0761 e. The molecule has 1 unspecified atom stereocenters. The van der Waals surface area contributed by atoms with E-state index in [1.54, 1.807) is 0 Å². The van der Waals surface area contributed by atoms with Gasteiger partial charge < -0.3 is 10.5 Å². The molecule has 2 rings (SSSR count). The first kappa shape index (κ1) is 16.6.